The van der Waals surface area contributed by atoms with Gasteiger partial charge in [-0.1, -0.05) is 11.6 Å². The Morgan fingerprint density at radius 1 is 1.30 bits per heavy atom. The minimum atomic E-state index is -1.11. The van der Waals surface area contributed by atoms with E-state index in [9.17, 15) is 9.59 Å². The van der Waals surface area contributed by atoms with Gasteiger partial charge in [-0.15, -0.1) is 0 Å². The van der Waals surface area contributed by atoms with Crippen LogP contribution in [0.5, 0.6) is 0 Å². The third-order valence-corrected chi connectivity index (χ3v) is 3.42. The number of anilines is 1. The molecule has 1 aliphatic rings. The lowest BCUT2D eigenvalue weighted by Crippen LogP contribution is -2.39. The molecule has 1 fully saturated rings. The summed E-state index contributed by atoms with van der Waals surface area (Å²) < 4.78 is 0. The second-order valence-electron chi connectivity index (χ2n) is 4.63. The molecule has 0 atom stereocenters. The Bertz CT molecular complexity index is 516. The topological polar surface area (TPSA) is 82.5 Å². The van der Waals surface area contributed by atoms with Gasteiger partial charge in [0, 0.05) is 13.1 Å². The molecular weight excluding hydrogens is 282 g/mol. The van der Waals surface area contributed by atoms with E-state index in [4.69, 9.17) is 16.7 Å². The summed E-state index contributed by atoms with van der Waals surface area (Å²) in [5.74, 6) is -1.04. The van der Waals surface area contributed by atoms with Crippen molar-refractivity contribution in [1.29, 1.82) is 0 Å². The molecule has 7 heteroatoms. The molecule has 6 nitrogen and oxygen atoms in total. The Balaban J connectivity index is 2.01. The number of rotatable bonds is 4. The number of carboxylic acid groups (broad SMARTS) is 1. The van der Waals surface area contributed by atoms with Crippen molar-refractivity contribution in [2.24, 2.45) is 0 Å². The second-order valence-corrected chi connectivity index (χ2v) is 5.02. The zero-order chi connectivity index (χ0) is 14.5. The van der Waals surface area contributed by atoms with E-state index in [1.807, 2.05) is 0 Å². The number of likely N-dealkylation sites (tertiary alicyclic amines) is 1. The van der Waals surface area contributed by atoms with Gasteiger partial charge in [0.2, 0.25) is 5.91 Å². The van der Waals surface area contributed by atoms with Crippen molar-refractivity contribution >= 4 is 29.3 Å². The van der Waals surface area contributed by atoms with Gasteiger partial charge in [0.25, 0.3) is 0 Å². The number of nitrogens with one attached hydrogen (secondary N) is 1. The third kappa shape index (κ3) is 3.60. The number of aromatic nitrogens is 1. The molecule has 1 aromatic rings. The van der Waals surface area contributed by atoms with Gasteiger partial charge in [-0.05, 0) is 31.4 Å². The van der Waals surface area contributed by atoms with E-state index in [1.165, 1.54) is 12.1 Å². The standard InChI is InChI=1S/C13H16ClN3O3/c14-10-5-4-9(13(19)20)12(16-10)15-8-11(18)17-6-2-1-3-7-17/h4-5H,1-3,6-8H2,(H,15,16)(H,19,20). The average molecular weight is 298 g/mol. The number of nitrogens with zero attached hydrogens (tertiary/aromatic N) is 2. The van der Waals surface area contributed by atoms with Crippen LogP contribution in [0.25, 0.3) is 0 Å². The number of hydrogen-bond acceptors (Lipinski definition) is 4. The first-order valence-corrected chi connectivity index (χ1v) is 6.87. The highest BCUT2D eigenvalue weighted by Crippen LogP contribution is 2.17. The summed E-state index contributed by atoms with van der Waals surface area (Å²) in [6.07, 6.45) is 3.18. The lowest BCUT2D eigenvalue weighted by atomic mass is 10.1. The van der Waals surface area contributed by atoms with Crippen molar-refractivity contribution in [2.75, 3.05) is 25.0 Å². The summed E-state index contributed by atoms with van der Waals surface area (Å²) in [5, 5.41) is 12.0. The number of carboxylic acids is 1. The lowest BCUT2D eigenvalue weighted by molar-refractivity contribution is -0.130. The molecule has 108 valence electrons. The van der Waals surface area contributed by atoms with Crippen LogP contribution in [0.4, 0.5) is 5.82 Å². The lowest BCUT2D eigenvalue weighted by Gasteiger charge is -2.26. The highest BCUT2D eigenvalue weighted by Gasteiger charge is 2.18. The van der Waals surface area contributed by atoms with Crippen LogP contribution in [0.1, 0.15) is 29.6 Å². The molecule has 0 radical (unpaired) electrons. The van der Waals surface area contributed by atoms with Crippen LogP contribution in [-0.2, 0) is 4.79 Å². The third-order valence-electron chi connectivity index (χ3n) is 3.21. The molecule has 20 heavy (non-hydrogen) atoms. The maximum Gasteiger partial charge on any atom is 0.339 e. The number of halogens is 1. The van der Waals surface area contributed by atoms with E-state index in [2.05, 4.69) is 10.3 Å². The van der Waals surface area contributed by atoms with E-state index in [1.54, 1.807) is 4.90 Å². The van der Waals surface area contributed by atoms with E-state index < -0.39 is 5.97 Å². The summed E-state index contributed by atoms with van der Waals surface area (Å²) >= 11 is 5.75. The largest absolute Gasteiger partial charge is 0.478 e. The highest BCUT2D eigenvalue weighted by molar-refractivity contribution is 6.29. The molecule has 0 spiro atoms. The quantitative estimate of drug-likeness (QED) is 0.829. The van der Waals surface area contributed by atoms with Crippen molar-refractivity contribution in [3.63, 3.8) is 0 Å². The minimum Gasteiger partial charge on any atom is -0.478 e. The van der Waals surface area contributed by atoms with Gasteiger partial charge in [0.15, 0.2) is 0 Å². The molecule has 0 aliphatic carbocycles. The molecule has 2 rings (SSSR count). The van der Waals surface area contributed by atoms with Crippen LogP contribution < -0.4 is 5.32 Å². The van der Waals surface area contributed by atoms with E-state index in [0.717, 1.165) is 32.4 Å². The first-order valence-electron chi connectivity index (χ1n) is 6.49. The Kier molecular flexibility index (Phi) is 4.79. The Morgan fingerprint density at radius 2 is 2.00 bits per heavy atom. The summed E-state index contributed by atoms with van der Waals surface area (Å²) in [7, 11) is 0. The van der Waals surface area contributed by atoms with E-state index >= 15 is 0 Å². The monoisotopic (exact) mass is 297 g/mol. The molecular formula is C13H16ClN3O3. The van der Waals surface area contributed by atoms with Gasteiger partial charge in [0.1, 0.15) is 16.5 Å². The van der Waals surface area contributed by atoms with Crippen molar-refractivity contribution in [2.45, 2.75) is 19.3 Å². The SMILES string of the molecule is O=C(O)c1ccc(Cl)nc1NCC(=O)N1CCCCC1. The van der Waals surface area contributed by atoms with Crippen molar-refractivity contribution in [1.82, 2.24) is 9.88 Å². The summed E-state index contributed by atoms with van der Waals surface area (Å²) in [6, 6.07) is 2.77. The predicted molar refractivity (Wildman–Crippen MR) is 75.1 cm³/mol. The molecule has 0 unspecified atom stereocenters. The number of carbonyl (C=O) groups excluding carboxylic acids is 1. The fourth-order valence-electron chi connectivity index (χ4n) is 2.16. The molecule has 0 saturated carbocycles. The fraction of sp³-hybridized carbons (Fsp3) is 0.462. The number of amides is 1. The molecule has 1 aliphatic heterocycles. The summed E-state index contributed by atoms with van der Waals surface area (Å²) in [5.41, 5.74) is 0.000782. The molecule has 2 N–H and O–H groups in total. The molecule has 1 aromatic heterocycles. The molecule has 2 heterocycles. The van der Waals surface area contributed by atoms with Crippen LogP contribution in [0.2, 0.25) is 5.15 Å². The normalized spacial score (nSPS) is 14.9. The first-order chi connectivity index (χ1) is 9.58. The Labute approximate surface area is 121 Å². The van der Waals surface area contributed by atoms with Crippen molar-refractivity contribution < 1.29 is 14.7 Å². The number of hydrogen-bond donors (Lipinski definition) is 2. The number of pyridine rings is 1. The van der Waals surface area contributed by atoms with Crippen LogP contribution in [0.3, 0.4) is 0 Å². The predicted octanol–water partition coefficient (Wildman–Crippen LogP) is 1.86. The van der Waals surface area contributed by atoms with Gasteiger partial charge in [-0.3, -0.25) is 4.79 Å². The number of aromatic carboxylic acids is 1. The number of carbonyl (C=O) groups is 2. The molecule has 0 aromatic carbocycles. The first kappa shape index (κ1) is 14.6. The fourth-order valence-corrected chi connectivity index (χ4v) is 2.30. The smallest absolute Gasteiger partial charge is 0.339 e. The Morgan fingerprint density at radius 3 is 2.65 bits per heavy atom. The minimum absolute atomic E-state index is 0.000782. The van der Waals surface area contributed by atoms with Crippen LogP contribution in [0.15, 0.2) is 12.1 Å². The Hall–Kier alpha value is -1.82. The molecule has 0 bridgehead atoms. The van der Waals surface area contributed by atoms with Crippen LogP contribution >= 0.6 is 11.6 Å². The summed E-state index contributed by atoms with van der Waals surface area (Å²) in [4.78, 5) is 28.7. The van der Waals surface area contributed by atoms with Crippen LogP contribution in [0, 0.1) is 0 Å². The summed E-state index contributed by atoms with van der Waals surface area (Å²) in [6.45, 7) is 1.54. The highest BCUT2D eigenvalue weighted by atomic mass is 35.5. The zero-order valence-corrected chi connectivity index (χ0v) is 11.7. The zero-order valence-electron chi connectivity index (χ0n) is 10.9. The maximum absolute atomic E-state index is 12.0. The van der Waals surface area contributed by atoms with Crippen LogP contribution in [-0.4, -0.2) is 46.5 Å². The van der Waals surface area contributed by atoms with Gasteiger partial charge >= 0.3 is 5.97 Å². The van der Waals surface area contributed by atoms with E-state index in [0.29, 0.717) is 0 Å². The average Bonchev–Trinajstić information content (AvgIpc) is 2.45. The molecule has 1 amide bonds. The van der Waals surface area contributed by atoms with Gasteiger partial charge < -0.3 is 15.3 Å². The van der Waals surface area contributed by atoms with Crippen molar-refractivity contribution in [3.05, 3.63) is 22.8 Å². The van der Waals surface area contributed by atoms with E-state index in [-0.39, 0.29) is 29.0 Å². The van der Waals surface area contributed by atoms with Gasteiger partial charge in [0.05, 0.1) is 6.54 Å². The van der Waals surface area contributed by atoms with Crippen molar-refractivity contribution in [3.8, 4) is 0 Å². The number of piperidine rings is 1. The van der Waals surface area contributed by atoms with Gasteiger partial charge in [-0.25, -0.2) is 9.78 Å². The molecule has 1 saturated heterocycles. The van der Waals surface area contributed by atoms with Gasteiger partial charge in [-0.2, -0.15) is 0 Å². The maximum atomic E-state index is 12.0. The second kappa shape index (κ2) is 6.56.